The molecule has 0 saturated carbocycles. The van der Waals surface area contributed by atoms with Gasteiger partial charge in [-0.05, 0) is 25.8 Å². The van der Waals surface area contributed by atoms with Gasteiger partial charge in [0.15, 0.2) is 0 Å². The van der Waals surface area contributed by atoms with Crippen molar-refractivity contribution in [3.05, 3.63) is 0 Å². The van der Waals surface area contributed by atoms with Crippen LogP contribution in [0.2, 0.25) is 0 Å². The number of carbonyl (C=O) groups excluding carboxylic acids is 1. The zero-order chi connectivity index (χ0) is 11.3. The van der Waals surface area contributed by atoms with Crippen LogP contribution in [0.3, 0.4) is 0 Å². The van der Waals surface area contributed by atoms with Gasteiger partial charge in [0.25, 0.3) is 0 Å². The van der Waals surface area contributed by atoms with E-state index in [2.05, 4.69) is 12.2 Å². The van der Waals surface area contributed by atoms with E-state index in [0.717, 1.165) is 32.4 Å². The molecule has 88 valence electrons. The van der Waals surface area contributed by atoms with Gasteiger partial charge in [0.05, 0.1) is 12.0 Å². The van der Waals surface area contributed by atoms with E-state index in [4.69, 9.17) is 5.11 Å². The van der Waals surface area contributed by atoms with E-state index in [-0.39, 0.29) is 17.9 Å². The van der Waals surface area contributed by atoms with Gasteiger partial charge in [0, 0.05) is 20.1 Å². The van der Waals surface area contributed by atoms with Gasteiger partial charge in [-0.2, -0.15) is 0 Å². The number of nitrogens with zero attached hydrogens (tertiary/aromatic N) is 1. The van der Waals surface area contributed by atoms with E-state index in [9.17, 15) is 4.79 Å². The van der Waals surface area contributed by atoms with Crippen LogP contribution in [0.5, 0.6) is 0 Å². The van der Waals surface area contributed by atoms with Gasteiger partial charge in [-0.15, -0.1) is 0 Å². The number of hydrogen-bond donors (Lipinski definition) is 2. The minimum absolute atomic E-state index is 0.0372. The Labute approximate surface area is 91.6 Å². The quantitative estimate of drug-likeness (QED) is 0.704. The lowest BCUT2D eigenvalue weighted by Gasteiger charge is -2.38. The highest BCUT2D eigenvalue weighted by molar-refractivity contribution is 5.82. The van der Waals surface area contributed by atoms with Gasteiger partial charge in [-0.25, -0.2) is 0 Å². The molecular weight excluding hydrogens is 192 g/mol. The first-order valence-electron chi connectivity index (χ1n) is 5.73. The van der Waals surface area contributed by atoms with Crippen LogP contribution in [0.4, 0.5) is 0 Å². The summed E-state index contributed by atoms with van der Waals surface area (Å²) in [6.45, 7) is 4.32. The normalized spacial score (nSPS) is 26.3. The van der Waals surface area contributed by atoms with Crippen molar-refractivity contribution < 1.29 is 9.90 Å². The SMILES string of the molecule is CCC1(C(=O)N(C)CCO)CCCNC1. The minimum atomic E-state index is -0.234. The third kappa shape index (κ3) is 2.69. The number of aliphatic hydroxyl groups is 1. The zero-order valence-electron chi connectivity index (χ0n) is 9.75. The molecule has 15 heavy (non-hydrogen) atoms. The van der Waals surface area contributed by atoms with Gasteiger partial charge in [-0.3, -0.25) is 4.79 Å². The average molecular weight is 214 g/mol. The van der Waals surface area contributed by atoms with Crippen molar-refractivity contribution in [2.45, 2.75) is 26.2 Å². The molecule has 1 rings (SSSR count). The fourth-order valence-electron chi connectivity index (χ4n) is 2.26. The molecule has 4 nitrogen and oxygen atoms in total. The molecule has 0 radical (unpaired) electrons. The van der Waals surface area contributed by atoms with E-state index in [0.29, 0.717) is 6.54 Å². The third-order valence-corrected chi connectivity index (χ3v) is 3.38. The first-order chi connectivity index (χ1) is 7.16. The third-order valence-electron chi connectivity index (χ3n) is 3.38. The highest BCUT2D eigenvalue weighted by Crippen LogP contribution is 2.31. The summed E-state index contributed by atoms with van der Waals surface area (Å²) in [5.41, 5.74) is -0.234. The fourth-order valence-corrected chi connectivity index (χ4v) is 2.26. The second-order valence-corrected chi connectivity index (χ2v) is 4.36. The molecule has 1 fully saturated rings. The molecule has 0 aromatic carbocycles. The van der Waals surface area contributed by atoms with E-state index in [1.165, 1.54) is 0 Å². The maximum atomic E-state index is 12.2. The molecular formula is C11H22N2O2. The van der Waals surface area contributed by atoms with Gasteiger partial charge in [0.1, 0.15) is 0 Å². The Morgan fingerprint density at radius 1 is 1.60 bits per heavy atom. The van der Waals surface area contributed by atoms with E-state index in [1.54, 1.807) is 11.9 Å². The van der Waals surface area contributed by atoms with Crippen LogP contribution >= 0.6 is 0 Å². The van der Waals surface area contributed by atoms with Crippen molar-refractivity contribution in [2.75, 3.05) is 33.3 Å². The first kappa shape index (κ1) is 12.5. The van der Waals surface area contributed by atoms with Crippen LogP contribution in [-0.2, 0) is 4.79 Å². The largest absolute Gasteiger partial charge is 0.395 e. The number of nitrogens with one attached hydrogen (secondary N) is 1. The summed E-state index contributed by atoms with van der Waals surface area (Å²) in [7, 11) is 1.77. The Morgan fingerprint density at radius 3 is 2.80 bits per heavy atom. The lowest BCUT2D eigenvalue weighted by molar-refractivity contribution is -0.142. The molecule has 0 aromatic heterocycles. The molecule has 1 unspecified atom stereocenters. The number of hydrogen-bond acceptors (Lipinski definition) is 3. The molecule has 2 N–H and O–H groups in total. The van der Waals surface area contributed by atoms with E-state index in [1.807, 2.05) is 0 Å². The predicted octanol–water partition coefficient (Wildman–Crippen LogP) is 0.217. The second-order valence-electron chi connectivity index (χ2n) is 4.36. The second kappa shape index (κ2) is 5.47. The molecule has 1 saturated heterocycles. The standard InChI is InChI=1S/C11H22N2O2/c1-3-11(5-4-6-12-9-11)10(15)13(2)7-8-14/h12,14H,3-9H2,1-2H3. The molecule has 0 aliphatic carbocycles. The molecule has 1 amide bonds. The fraction of sp³-hybridized carbons (Fsp3) is 0.909. The summed E-state index contributed by atoms with van der Waals surface area (Å²) in [6.07, 6.45) is 2.90. The van der Waals surface area contributed by atoms with Gasteiger partial charge in [-0.1, -0.05) is 6.92 Å². The minimum Gasteiger partial charge on any atom is -0.395 e. The summed E-state index contributed by atoms with van der Waals surface area (Å²) < 4.78 is 0. The van der Waals surface area contributed by atoms with Crippen molar-refractivity contribution >= 4 is 5.91 Å². The summed E-state index contributed by atoms with van der Waals surface area (Å²) in [5.74, 6) is 0.172. The van der Waals surface area contributed by atoms with Crippen molar-refractivity contribution in [3.63, 3.8) is 0 Å². The Bertz CT molecular complexity index is 213. The maximum absolute atomic E-state index is 12.2. The van der Waals surface area contributed by atoms with Crippen molar-refractivity contribution in [3.8, 4) is 0 Å². The van der Waals surface area contributed by atoms with Crippen molar-refractivity contribution in [1.82, 2.24) is 10.2 Å². The Balaban J connectivity index is 2.67. The lowest BCUT2D eigenvalue weighted by Crippen LogP contribution is -2.51. The highest BCUT2D eigenvalue weighted by atomic mass is 16.3. The van der Waals surface area contributed by atoms with E-state index < -0.39 is 0 Å². The van der Waals surface area contributed by atoms with Crippen LogP contribution in [-0.4, -0.2) is 49.2 Å². The van der Waals surface area contributed by atoms with Crippen molar-refractivity contribution in [1.29, 1.82) is 0 Å². The Kier molecular flexibility index (Phi) is 4.54. The number of rotatable bonds is 4. The first-order valence-corrected chi connectivity index (χ1v) is 5.73. The monoisotopic (exact) mass is 214 g/mol. The molecule has 4 heteroatoms. The summed E-state index contributed by atoms with van der Waals surface area (Å²) >= 11 is 0. The number of piperidine rings is 1. The topological polar surface area (TPSA) is 52.6 Å². The van der Waals surface area contributed by atoms with Crippen LogP contribution in [0, 0.1) is 5.41 Å². The molecule has 1 heterocycles. The van der Waals surface area contributed by atoms with Gasteiger partial charge >= 0.3 is 0 Å². The summed E-state index contributed by atoms with van der Waals surface area (Å²) in [6, 6.07) is 0. The number of amides is 1. The lowest BCUT2D eigenvalue weighted by atomic mass is 9.77. The Hall–Kier alpha value is -0.610. The van der Waals surface area contributed by atoms with E-state index >= 15 is 0 Å². The molecule has 0 bridgehead atoms. The van der Waals surface area contributed by atoms with Gasteiger partial charge < -0.3 is 15.3 Å². The smallest absolute Gasteiger partial charge is 0.229 e. The van der Waals surface area contributed by atoms with Crippen LogP contribution in [0.1, 0.15) is 26.2 Å². The molecule has 0 spiro atoms. The van der Waals surface area contributed by atoms with Crippen LogP contribution in [0.25, 0.3) is 0 Å². The zero-order valence-corrected chi connectivity index (χ0v) is 9.75. The van der Waals surface area contributed by atoms with Crippen LogP contribution in [0.15, 0.2) is 0 Å². The van der Waals surface area contributed by atoms with Gasteiger partial charge in [0.2, 0.25) is 5.91 Å². The molecule has 1 aliphatic rings. The van der Waals surface area contributed by atoms with Crippen LogP contribution < -0.4 is 5.32 Å². The summed E-state index contributed by atoms with van der Waals surface area (Å²) in [5, 5.41) is 12.1. The molecule has 0 aromatic rings. The summed E-state index contributed by atoms with van der Waals surface area (Å²) in [4.78, 5) is 13.9. The Morgan fingerprint density at radius 2 is 2.33 bits per heavy atom. The average Bonchev–Trinajstić information content (AvgIpc) is 2.29. The highest BCUT2D eigenvalue weighted by Gasteiger charge is 2.39. The molecule has 1 aliphatic heterocycles. The number of likely N-dealkylation sites (N-methyl/N-ethyl adjacent to an activating group) is 1. The van der Waals surface area contributed by atoms with Crippen molar-refractivity contribution in [2.24, 2.45) is 5.41 Å². The maximum Gasteiger partial charge on any atom is 0.229 e. The number of carbonyl (C=O) groups is 1. The molecule has 1 atom stereocenters. The predicted molar refractivity (Wildman–Crippen MR) is 59.6 cm³/mol. The number of aliphatic hydroxyl groups excluding tert-OH is 1.